The Hall–Kier alpha value is -1.61. The lowest BCUT2D eigenvalue weighted by Gasteiger charge is -2.03. The number of benzene rings is 2. The standard InChI is InChI=1S/C12H10O2S.3C2H6/c13-15(14,11-7-3-1-4-8-11)12-9-5-2-6-10-12;3*1-2/h1-10H;3*1-2H3. The molecule has 0 radical (unpaired) electrons. The van der Waals surface area contributed by atoms with Gasteiger partial charge in [0.2, 0.25) is 9.84 Å². The predicted octanol–water partition coefficient (Wildman–Crippen LogP) is 5.60. The molecule has 0 spiro atoms. The molecule has 0 N–H and O–H groups in total. The minimum atomic E-state index is -3.34. The highest BCUT2D eigenvalue weighted by Gasteiger charge is 2.15. The van der Waals surface area contributed by atoms with E-state index in [1.165, 1.54) is 0 Å². The van der Waals surface area contributed by atoms with E-state index in [1.807, 2.05) is 41.5 Å². The molecule has 3 heteroatoms. The summed E-state index contributed by atoms with van der Waals surface area (Å²) in [5.41, 5.74) is 0. The third-order valence-corrected chi connectivity index (χ3v) is 3.89. The summed E-state index contributed by atoms with van der Waals surface area (Å²) in [5.74, 6) is 0. The van der Waals surface area contributed by atoms with Crippen molar-refractivity contribution < 1.29 is 8.42 Å². The van der Waals surface area contributed by atoms with Crippen molar-refractivity contribution in [2.75, 3.05) is 0 Å². The third kappa shape index (κ3) is 7.09. The molecule has 2 aromatic rings. The van der Waals surface area contributed by atoms with Crippen molar-refractivity contribution in [2.45, 2.75) is 51.3 Å². The van der Waals surface area contributed by atoms with Crippen LogP contribution in [0.25, 0.3) is 0 Å². The number of hydrogen-bond donors (Lipinski definition) is 0. The molecule has 0 saturated heterocycles. The monoisotopic (exact) mass is 308 g/mol. The first-order valence-electron chi connectivity index (χ1n) is 7.56. The maximum atomic E-state index is 12.0. The summed E-state index contributed by atoms with van der Waals surface area (Å²) in [5, 5.41) is 0. The molecule has 0 aliphatic heterocycles. The molecule has 0 bridgehead atoms. The summed E-state index contributed by atoms with van der Waals surface area (Å²) in [4.78, 5) is 0.660. The summed E-state index contributed by atoms with van der Waals surface area (Å²) < 4.78 is 24.1. The first-order chi connectivity index (χ1) is 10.2. The van der Waals surface area contributed by atoms with Crippen LogP contribution in [0.5, 0.6) is 0 Å². The highest BCUT2D eigenvalue weighted by Crippen LogP contribution is 2.19. The van der Waals surface area contributed by atoms with Gasteiger partial charge in [-0.25, -0.2) is 8.42 Å². The van der Waals surface area contributed by atoms with Gasteiger partial charge < -0.3 is 0 Å². The molecule has 0 aromatic heterocycles. The lowest BCUT2D eigenvalue weighted by molar-refractivity contribution is 0.596. The smallest absolute Gasteiger partial charge is 0.206 e. The molecule has 2 aromatic carbocycles. The Morgan fingerprint density at radius 2 is 0.762 bits per heavy atom. The Morgan fingerprint density at radius 1 is 0.524 bits per heavy atom. The van der Waals surface area contributed by atoms with Crippen molar-refractivity contribution in [1.29, 1.82) is 0 Å². The molecule has 0 heterocycles. The van der Waals surface area contributed by atoms with E-state index in [9.17, 15) is 8.42 Å². The summed E-state index contributed by atoms with van der Waals surface area (Å²) in [6, 6.07) is 16.9. The lowest BCUT2D eigenvalue weighted by Crippen LogP contribution is -2.00. The van der Waals surface area contributed by atoms with Crippen LogP contribution in [0.3, 0.4) is 0 Å². The number of hydrogen-bond acceptors (Lipinski definition) is 2. The van der Waals surface area contributed by atoms with Crippen molar-refractivity contribution in [2.24, 2.45) is 0 Å². The molecule has 0 aliphatic rings. The molecule has 0 unspecified atom stereocenters. The van der Waals surface area contributed by atoms with Gasteiger partial charge in [0.1, 0.15) is 0 Å². The van der Waals surface area contributed by atoms with Crippen LogP contribution < -0.4 is 0 Å². The molecule has 0 saturated carbocycles. The quantitative estimate of drug-likeness (QED) is 0.724. The van der Waals surface area contributed by atoms with Crippen LogP contribution in [0.15, 0.2) is 70.5 Å². The second-order valence-corrected chi connectivity index (χ2v) is 5.08. The molecule has 0 amide bonds. The molecule has 0 aliphatic carbocycles. The number of rotatable bonds is 2. The van der Waals surface area contributed by atoms with Crippen LogP contribution in [0.4, 0.5) is 0 Å². The van der Waals surface area contributed by atoms with E-state index in [2.05, 4.69) is 0 Å². The maximum absolute atomic E-state index is 12.0. The topological polar surface area (TPSA) is 34.1 Å². The van der Waals surface area contributed by atoms with Gasteiger partial charge in [0.25, 0.3) is 0 Å². The van der Waals surface area contributed by atoms with E-state index in [0.717, 1.165) is 0 Å². The Labute approximate surface area is 130 Å². The first-order valence-corrected chi connectivity index (χ1v) is 9.05. The summed E-state index contributed by atoms with van der Waals surface area (Å²) in [7, 11) is -3.34. The fraction of sp³-hybridized carbons (Fsp3) is 0.333. The van der Waals surface area contributed by atoms with Gasteiger partial charge >= 0.3 is 0 Å². The maximum Gasteiger partial charge on any atom is 0.206 e. The summed E-state index contributed by atoms with van der Waals surface area (Å²) in [6.07, 6.45) is 0. The van der Waals surface area contributed by atoms with Crippen LogP contribution in [0.2, 0.25) is 0 Å². The minimum absolute atomic E-state index is 0.330. The van der Waals surface area contributed by atoms with Crippen LogP contribution in [0, 0.1) is 0 Å². The fourth-order valence-electron chi connectivity index (χ4n) is 1.34. The predicted molar refractivity (Wildman–Crippen MR) is 92.4 cm³/mol. The van der Waals surface area contributed by atoms with Gasteiger partial charge in [-0.3, -0.25) is 0 Å². The highest BCUT2D eigenvalue weighted by atomic mass is 32.2. The highest BCUT2D eigenvalue weighted by molar-refractivity contribution is 7.91. The average Bonchev–Trinajstić information content (AvgIpc) is 2.62. The molecular weight excluding hydrogens is 280 g/mol. The Kier molecular flexibility index (Phi) is 13.8. The normalized spacial score (nSPS) is 8.86. The van der Waals surface area contributed by atoms with E-state index in [-0.39, 0.29) is 0 Å². The lowest BCUT2D eigenvalue weighted by atomic mass is 10.4. The average molecular weight is 308 g/mol. The molecule has 0 atom stereocenters. The van der Waals surface area contributed by atoms with Gasteiger partial charge in [0.05, 0.1) is 9.79 Å². The zero-order valence-corrected chi connectivity index (χ0v) is 14.8. The zero-order valence-electron chi connectivity index (χ0n) is 14.0. The van der Waals surface area contributed by atoms with Crippen molar-refractivity contribution in [3.05, 3.63) is 60.7 Å². The number of sulfone groups is 1. The second-order valence-electron chi connectivity index (χ2n) is 3.13. The van der Waals surface area contributed by atoms with Crippen molar-refractivity contribution >= 4 is 9.84 Å². The van der Waals surface area contributed by atoms with E-state index >= 15 is 0 Å². The molecular formula is C18H28O2S. The van der Waals surface area contributed by atoms with Gasteiger partial charge in [-0.2, -0.15) is 0 Å². The van der Waals surface area contributed by atoms with E-state index in [1.54, 1.807) is 60.7 Å². The van der Waals surface area contributed by atoms with E-state index < -0.39 is 9.84 Å². The van der Waals surface area contributed by atoms with Crippen molar-refractivity contribution in [3.63, 3.8) is 0 Å². The van der Waals surface area contributed by atoms with Crippen molar-refractivity contribution in [1.82, 2.24) is 0 Å². The first kappa shape index (κ1) is 21.7. The van der Waals surface area contributed by atoms with Crippen molar-refractivity contribution in [3.8, 4) is 0 Å². The van der Waals surface area contributed by atoms with Crippen LogP contribution in [-0.2, 0) is 9.84 Å². The largest absolute Gasteiger partial charge is 0.219 e. The molecule has 0 fully saturated rings. The molecule has 2 rings (SSSR count). The van der Waals surface area contributed by atoms with Crippen LogP contribution >= 0.6 is 0 Å². The van der Waals surface area contributed by atoms with Gasteiger partial charge in [-0.05, 0) is 24.3 Å². The van der Waals surface area contributed by atoms with E-state index in [0.29, 0.717) is 9.79 Å². The Balaban J connectivity index is 0. The minimum Gasteiger partial charge on any atom is -0.219 e. The summed E-state index contributed by atoms with van der Waals surface area (Å²) in [6.45, 7) is 12.0. The zero-order chi connectivity index (χ0) is 16.7. The molecule has 21 heavy (non-hydrogen) atoms. The third-order valence-electron chi connectivity index (χ3n) is 2.11. The SMILES string of the molecule is CC.CC.CC.O=S(=O)(c1ccccc1)c1ccccc1. The molecule has 118 valence electrons. The van der Waals surface area contributed by atoms with Crippen LogP contribution in [-0.4, -0.2) is 8.42 Å². The van der Waals surface area contributed by atoms with Gasteiger partial charge in [-0.15, -0.1) is 0 Å². The molecule has 2 nitrogen and oxygen atoms in total. The second kappa shape index (κ2) is 13.4. The van der Waals surface area contributed by atoms with Crippen LogP contribution in [0.1, 0.15) is 41.5 Å². The van der Waals surface area contributed by atoms with Gasteiger partial charge in [0.15, 0.2) is 0 Å². The fourth-order valence-corrected chi connectivity index (χ4v) is 2.64. The summed E-state index contributed by atoms with van der Waals surface area (Å²) >= 11 is 0. The Bertz CT molecular complexity index is 486. The van der Waals surface area contributed by atoms with Gasteiger partial charge in [0, 0.05) is 0 Å². The van der Waals surface area contributed by atoms with E-state index in [4.69, 9.17) is 0 Å². The van der Waals surface area contributed by atoms with Gasteiger partial charge in [-0.1, -0.05) is 77.9 Å². The Morgan fingerprint density at radius 3 is 1.00 bits per heavy atom.